The van der Waals surface area contributed by atoms with Gasteiger partial charge in [-0.25, -0.2) is 0 Å². The van der Waals surface area contributed by atoms with Crippen molar-refractivity contribution in [2.24, 2.45) is 0 Å². The molecule has 0 spiro atoms. The fourth-order valence-corrected chi connectivity index (χ4v) is 3.83. The number of benzene rings is 2. The predicted molar refractivity (Wildman–Crippen MR) is 80.5 cm³/mol. The highest BCUT2D eigenvalue weighted by Crippen LogP contribution is 2.32. The van der Waals surface area contributed by atoms with Crippen LogP contribution in [0.3, 0.4) is 0 Å². The molecule has 4 nitrogen and oxygen atoms in total. The Morgan fingerprint density at radius 3 is 2.05 bits per heavy atom. The van der Waals surface area contributed by atoms with Gasteiger partial charge in [0.05, 0.1) is 5.69 Å². The average molecular weight is 407 g/mol. The van der Waals surface area contributed by atoms with Crippen molar-refractivity contribution in [3.05, 3.63) is 51.4 Å². The molecule has 2 N–H and O–H groups in total. The van der Waals surface area contributed by atoms with Gasteiger partial charge in [0.1, 0.15) is 10.6 Å². The third-order valence-electron chi connectivity index (χ3n) is 2.29. The van der Waals surface area contributed by atoms with Crippen molar-refractivity contribution < 1.29 is 12.6 Å². The minimum Gasteiger partial charge on any atom is -0.397 e. The van der Waals surface area contributed by atoms with Crippen LogP contribution in [0.2, 0.25) is 0 Å². The highest BCUT2D eigenvalue weighted by Gasteiger charge is 2.19. The lowest BCUT2D eigenvalue weighted by Crippen LogP contribution is -2.10. The van der Waals surface area contributed by atoms with Gasteiger partial charge in [-0.1, -0.05) is 18.2 Å². The van der Waals surface area contributed by atoms with Crippen LogP contribution in [0.25, 0.3) is 0 Å². The molecule has 7 heteroatoms. The van der Waals surface area contributed by atoms with E-state index in [0.717, 1.165) is 0 Å². The summed E-state index contributed by atoms with van der Waals surface area (Å²) < 4.78 is 30.2. The second kappa shape index (κ2) is 5.52. The van der Waals surface area contributed by atoms with E-state index < -0.39 is 10.1 Å². The van der Waals surface area contributed by atoms with E-state index in [1.54, 1.807) is 30.3 Å². The van der Waals surface area contributed by atoms with E-state index in [9.17, 15) is 8.42 Å². The lowest BCUT2D eigenvalue weighted by atomic mass is 10.3. The first-order chi connectivity index (χ1) is 8.90. The molecular formula is C12H9Br2NO3S. The lowest BCUT2D eigenvalue weighted by Gasteiger charge is -2.09. The zero-order valence-electron chi connectivity index (χ0n) is 9.51. The van der Waals surface area contributed by atoms with Crippen molar-refractivity contribution in [1.29, 1.82) is 0 Å². The van der Waals surface area contributed by atoms with Gasteiger partial charge in [-0.05, 0) is 56.1 Å². The smallest absolute Gasteiger partial charge is 0.339 e. The number of nitrogen functional groups attached to an aromatic ring is 1. The molecule has 0 aliphatic rings. The predicted octanol–water partition coefficient (Wildman–Crippen LogP) is 3.56. The summed E-state index contributed by atoms with van der Waals surface area (Å²) in [5.74, 6) is 0.256. The molecule has 0 saturated carbocycles. The van der Waals surface area contributed by atoms with Gasteiger partial charge in [0.25, 0.3) is 0 Å². The number of anilines is 1. The Morgan fingerprint density at radius 2 is 1.53 bits per heavy atom. The standard InChI is InChI=1S/C12H9Br2NO3S/c13-10-6-9(7-11(14)12(10)15)19(16,17)18-8-4-2-1-3-5-8/h1-7H,15H2. The molecule has 0 aromatic heterocycles. The summed E-state index contributed by atoms with van der Waals surface area (Å²) in [6, 6.07) is 11.1. The highest BCUT2D eigenvalue weighted by molar-refractivity contribution is 9.11. The fourth-order valence-electron chi connectivity index (χ4n) is 1.36. The average Bonchev–Trinajstić information content (AvgIpc) is 2.36. The second-order valence-corrected chi connectivity index (χ2v) is 6.91. The normalized spacial score (nSPS) is 11.3. The van der Waals surface area contributed by atoms with Crippen LogP contribution < -0.4 is 9.92 Å². The van der Waals surface area contributed by atoms with E-state index in [0.29, 0.717) is 14.6 Å². The summed E-state index contributed by atoms with van der Waals surface area (Å²) in [5.41, 5.74) is 6.15. The van der Waals surface area contributed by atoms with Crippen LogP contribution in [0.1, 0.15) is 0 Å². The number of nitrogens with two attached hydrogens (primary N) is 1. The van der Waals surface area contributed by atoms with Gasteiger partial charge in [0.2, 0.25) is 0 Å². The monoisotopic (exact) mass is 405 g/mol. The van der Waals surface area contributed by atoms with E-state index in [4.69, 9.17) is 9.92 Å². The summed E-state index contributed by atoms with van der Waals surface area (Å²) in [6.07, 6.45) is 0. The van der Waals surface area contributed by atoms with E-state index in [1.165, 1.54) is 12.1 Å². The summed E-state index contributed by atoms with van der Waals surface area (Å²) in [6.45, 7) is 0. The van der Waals surface area contributed by atoms with Crippen LogP contribution in [0, 0.1) is 0 Å². The fraction of sp³-hybridized carbons (Fsp3) is 0. The maximum atomic E-state index is 12.1. The quantitative estimate of drug-likeness (QED) is 0.624. The first-order valence-electron chi connectivity index (χ1n) is 5.14. The summed E-state index contributed by atoms with van der Waals surface area (Å²) in [7, 11) is -3.89. The van der Waals surface area contributed by atoms with Crippen molar-refractivity contribution in [1.82, 2.24) is 0 Å². The number of rotatable bonds is 3. The van der Waals surface area contributed by atoms with Gasteiger partial charge >= 0.3 is 10.1 Å². The van der Waals surface area contributed by atoms with E-state index >= 15 is 0 Å². The first kappa shape index (κ1) is 14.4. The van der Waals surface area contributed by atoms with Gasteiger partial charge in [-0.15, -0.1) is 0 Å². The molecule has 0 amide bonds. The molecule has 0 unspecified atom stereocenters. The van der Waals surface area contributed by atoms with Gasteiger partial charge in [0, 0.05) is 8.95 Å². The summed E-state index contributed by atoms with van der Waals surface area (Å²) in [4.78, 5) is 0.0179. The van der Waals surface area contributed by atoms with Crippen LogP contribution in [0.5, 0.6) is 5.75 Å². The second-order valence-electron chi connectivity index (χ2n) is 3.65. The molecule has 0 atom stereocenters. The largest absolute Gasteiger partial charge is 0.397 e. The molecule has 0 aliphatic carbocycles. The molecule has 19 heavy (non-hydrogen) atoms. The lowest BCUT2D eigenvalue weighted by molar-refractivity contribution is 0.486. The van der Waals surface area contributed by atoms with Crippen molar-refractivity contribution in [3.8, 4) is 5.75 Å². The highest BCUT2D eigenvalue weighted by atomic mass is 79.9. The van der Waals surface area contributed by atoms with E-state index in [1.807, 2.05) is 0 Å². The number of hydrogen-bond acceptors (Lipinski definition) is 4. The minimum absolute atomic E-state index is 0.0179. The molecule has 0 saturated heterocycles. The van der Waals surface area contributed by atoms with Crippen molar-refractivity contribution in [2.45, 2.75) is 4.90 Å². The van der Waals surface area contributed by atoms with Gasteiger partial charge in [0.15, 0.2) is 0 Å². The van der Waals surface area contributed by atoms with E-state index in [-0.39, 0.29) is 10.6 Å². The molecule has 2 aromatic carbocycles. The number of hydrogen-bond donors (Lipinski definition) is 1. The van der Waals surface area contributed by atoms with Crippen molar-refractivity contribution in [3.63, 3.8) is 0 Å². The maximum absolute atomic E-state index is 12.1. The summed E-state index contributed by atoms with van der Waals surface area (Å²) >= 11 is 6.40. The number of para-hydroxylation sites is 1. The van der Waals surface area contributed by atoms with Crippen LogP contribution in [0.15, 0.2) is 56.3 Å². The summed E-state index contributed by atoms with van der Waals surface area (Å²) in [5, 5.41) is 0. The third-order valence-corrected chi connectivity index (χ3v) is 4.83. The molecule has 0 heterocycles. The van der Waals surface area contributed by atoms with E-state index in [2.05, 4.69) is 31.9 Å². The molecule has 2 rings (SSSR count). The van der Waals surface area contributed by atoms with Gasteiger partial charge < -0.3 is 9.92 Å². The maximum Gasteiger partial charge on any atom is 0.339 e. The Kier molecular flexibility index (Phi) is 4.17. The van der Waals surface area contributed by atoms with Crippen LogP contribution in [0.4, 0.5) is 5.69 Å². The minimum atomic E-state index is -3.89. The Bertz CT molecular complexity index is 679. The molecule has 0 fully saturated rings. The number of halogens is 2. The van der Waals surface area contributed by atoms with Gasteiger partial charge in [-0.3, -0.25) is 0 Å². The molecule has 100 valence electrons. The van der Waals surface area contributed by atoms with Crippen molar-refractivity contribution >= 4 is 47.7 Å². The van der Waals surface area contributed by atoms with Crippen LogP contribution in [-0.4, -0.2) is 8.42 Å². The third kappa shape index (κ3) is 3.29. The zero-order chi connectivity index (χ0) is 14.0. The topological polar surface area (TPSA) is 69.4 Å². The Labute approximate surface area is 128 Å². The Balaban J connectivity index is 2.40. The first-order valence-corrected chi connectivity index (χ1v) is 8.13. The molecule has 2 aromatic rings. The molecule has 0 radical (unpaired) electrons. The Morgan fingerprint density at radius 1 is 1.00 bits per heavy atom. The zero-order valence-corrected chi connectivity index (χ0v) is 13.5. The Hall–Kier alpha value is -1.05. The van der Waals surface area contributed by atoms with Gasteiger partial charge in [-0.2, -0.15) is 8.42 Å². The van der Waals surface area contributed by atoms with Crippen LogP contribution in [-0.2, 0) is 10.1 Å². The van der Waals surface area contributed by atoms with Crippen LogP contribution >= 0.6 is 31.9 Å². The molecule has 0 bridgehead atoms. The van der Waals surface area contributed by atoms with Crippen molar-refractivity contribution in [2.75, 3.05) is 5.73 Å². The SMILES string of the molecule is Nc1c(Br)cc(S(=O)(=O)Oc2ccccc2)cc1Br. The molecule has 0 aliphatic heterocycles. The molecular weight excluding hydrogens is 398 g/mol.